The maximum absolute atomic E-state index is 4.33. The minimum atomic E-state index is 0.258. The molecule has 1 rings (SSSR count). The van der Waals surface area contributed by atoms with Crippen molar-refractivity contribution in [1.82, 2.24) is 15.3 Å². The Hall–Kier alpha value is -0.610. The monoisotopic (exact) mass is 253 g/mol. The van der Waals surface area contributed by atoms with E-state index >= 15 is 0 Å². The summed E-state index contributed by atoms with van der Waals surface area (Å²) in [5.41, 5.74) is 1.01. The molecule has 1 N–H and O–H groups in total. The van der Waals surface area contributed by atoms with Crippen LogP contribution in [-0.4, -0.2) is 27.5 Å². The summed E-state index contributed by atoms with van der Waals surface area (Å²) in [5.74, 6) is 0. The number of nitrogens with zero attached hydrogens (tertiary/aromatic N) is 2. The van der Waals surface area contributed by atoms with Crippen molar-refractivity contribution >= 4 is 11.8 Å². The van der Waals surface area contributed by atoms with Gasteiger partial charge in [0, 0.05) is 35.9 Å². The predicted molar refractivity (Wildman–Crippen MR) is 75.3 cm³/mol. The van der Waals surface area contributed by atoms with Gasteiger partial charge in [-0.1, -0.05) is 13.8 Å². The van der Waals surface area contributed by atoms with E-state index in [4.69, 9.17) is 0 Å². The van der Waals surface area contributed by atoms with E-state index in [-0.39, 0.29) is 6.04 Å². The fourth-order valence-electron chi connectivity index (χ4n) is 1.84. The summed E-state index contributed by atoms with van der Waals surface area (Å²) in [6, 6.07) is 0.258. The SMILES string of the molecule is CCC(CC)(CNC(C)c1cnccn1)SC. The Morgan fingerprint density at radius 2 is 2.06 bits per heavy atom. The lowest BCUT2D eigenvalue weighted by atomic mass is 10.0. The maximum Gasteiger partial charge on any atom is 0.0753 e. The van der Waals surface area contributed by atoms with Crippen LogP contribution in [0.3, 0.4) is 0 Å². The van der Waals surface area contributed by atoms with Crippen LogP contribution in [0.1, 0.15) is 45.3 Å². The molecule has 0 aromatic carbocycles. The third-order valence-electron chi connectivity index (χ3n) is 3.48. The van der Waals surface area contributed by atoms with Gasteiger partial charge in [-0.15, -0.1) is 0 Å². The minimum Gasteiger partial charge on any atom is -0.307 e. The van der Waals surface area contributed by atoms with Gasteiger partial charge in [-0.2, -0.15) is 11.8 Å². The first kappa shape index (κ1) is 14.5. The van der Waals surface area contributed by atoms with Gasteiger partial charge in [-0.3, -0.25) is 9.97 Å². The Morgan fingerprint density at radius 1 is 1.35 bits per heavy atom. The van der Waals surface area contributed by atoms with Gasteiger partial charge in [0.05, 0.1) is 5.69 Å². The van der Waals surface area contributed by atoms with E-state index in [9.17, 15) is 0 Å². The predicted octanol–water partition coefficient (Wildman–Crippen LogP) is 3.05. The van der Waals surface area contributed by atoms with Crippen LogP contribution in [0.2, 0.25) is 0 Å². The lowest BCUT2D eigenvalue weighted by Crippen LogP contribution is -2.37. The Kier molecular flexibility index (Phi) is 5.92. The van der Waals surface area contributed by atoms with Crippen molar-refractivity contribution in [1.29, 1.82) is 0 Å². The van der Waals surface area contributed by atoms with E-state index in [1.165, 1.54) is 12.8 Å². The van der Waals surface area contributed by atoms with Gasteiger partial charge in [0.15, 0.2) is 0 Å². The Labute approximate surface area is 109 Å². The number of hydrogen-bond acceptors (Lipinski definition) is 4. The highest BCUT2D eigenvalue weighted by Crippen LogP contribution is 2.30. The van der Waals surface area contributed by atoms with Crippen LogP contribution in [0, 0.1) is 0 Å². The van der Waals surface area contributed by atoms with Crippen LogP contribution in [0.5, 0.6) is 0 Å². The largest absolute Gasteiger partial charge is 0.307 e. The fraction of sp³-hybridized carbons (Fsp3) is 0.692. The molecular formula is C13H23N3S. The normalized spacial score (nSPS) is 13.6. The molecule has 3 nitrogen and oxygen atoms in total. The van der Waals surface area contributed by atoms with Gasteiger partial charge in [-0.25, -0.2) is 0 Å². The molecule has 96 valence electrons. The van der Waals surface area contributed by atoms with Crippen LogP contribution in [-0.2, 0) is 0 Å². The van der Waals surface area contributed by atoms with Gasteiger partial charge >= 0.3 is 0 Å². The van der Waals surface area contributed by atoms with Crippen molar-refractivity contribution in [2.24, 2.45) is 0 Å². The first-order valence-electron chi connectivity index (χ1n) is 6.22. The molecule has 0 aliphatic heterocycles. The highest BCUT2D eigenvalue weighted by molar-refractivity contribution is 8.00. The lowest BCUT2D eigenvalue weighted by Gasteiger charge is -2.31. The average molecular weight is 253 g/mol. The van der Waals surface area contributed by atoms with Crippen LogP contribution in [0.15, 0.2) is 18.6 Å². The van der Waals surface area contributed by atoms with Crippen molar-refractivity contribution in [2.45, 2.75) is 44.4 Å². The zero-order valence-corrected chi connectivity index (χ0v) is 12.0. The molecule has 1 aromatic rings. The molecule has 0 bridgehead atoms. The van der Waals surface area contributed by atoms with Crippen LogP contribution in [0.4, 0.5) is 0 Å². The molecule has 0 aliphatic carbocycles. The highest BCUT2D eigenvalue weighted by atomic mass is 32.2. The molecule has 1 heterocycles. The number of nitrogens with one attached hydrogen (secondary N) is 1. The number of rotatable bonds is 7. The third-order valence-corrected chi connectivity index (χ3v) is 5.07. The van der Waals surface area contributed by atoms with Crippen molar-refractivity contribution < 1.29 is 0 Å². The fourth-order valence-corrected chi connectivity index (χ4v) is 2.64. The molecule has 1 atom stereocenters. The smallest absolute Gasteiger partial charge is 0.0753 e. The standard InChI is InChI=1S/C13H23N3S/c1-5-13(6-2,17-4)10-16-11(3)12-9-14-7-8-15-12/h7-9,11,16H,5-6,10H2,1-4H3. The number of hydrogen-bond donors (Lipinski definition) is 1. The van der Waals surface area contributed by atoms with Gasteiger partial charge in [0.2, 0.25) is 0 Å². The first-order valence-corrected chi connectivity index (χ1v) is 7.44. The van der Waals surface area contributed by atoms with Gasteiger partial charge in [0.25, 0.3) is 0 Å². The summed E-state index contributed by atoms with van der Waals surface area (Å²) in [4.78, 5) is 8.43. The highest BCUT2D eigenvalue weighted by Gasteiger charge is 2.25. The zero-order valence-electron chi connectivity index (χ0n) is 11.2. The summed E-state index contributed by atoms with van der Waals surface area (Å²) in [6.07, 6.45) is 9.85. The van der Waals surface area contributed by atoms with Crippen molar-refractivity contribution in [2.75, 3.05) is 12.8 Å². The molecule has 1 unspecified atom stereocenters. The molecular weight excluding hydrogens is 230 g/mol. The molecule has 0 fully saturated rings. The Morgan fingerprint density at radius 3 is 2.53 bits per heavy atom. The Bertz CT molecular complexity index is 303. The van der Waals surface area contributed by atoms with E-state index in [0.717, 1.165) is 12.2 Å². The minimum absolute atomic E-state index is 0.258. The Balaban J connectivity index is 2.55. The summed E-state index contributed by atoms with van der Waals surface area (Å²) in [7, 11) is 0. The van der Waals surface area contributed by atoms with Crippen molar-refractivity contribution in [3.8, 4) is 0 Å². The molecule has 4 heteroatoms. The third kappa shape index (κ3) is 3.96. The van der Waals surface area contributed by atoms with Crippen molar-refractivity contribution in [3.63, 3.8) is 0 Å². The summed E-state index contributed by atoms with van der Waals surface area (Å²) in [5, 5.41) is 3.57. The van der Waals surface area contributed by atoms with Crippen LogP contribution < -0.4 is 5.32 Å². The van der Waals surface area contributed by atoms with E-state index in [2.05, 4.69) is 42.3 Å². The molecule has 0 saturated heterocycles. The van der Waals surface area contributed by atoms with E-state index in [1.54, 1.807) is 12.4 Å². The molecule has 1 aromatic heterocycles. The average Bonchev–Trinajstić information content (AvgIpc) is 2.41. The van der Waals surface area contributed by atoms with Crippen LogP contribution >= 0.6 is 11.8 Å². The second-order valence-corrected chi connectivity index (χ2v) is 5.60. The maximum atomic E-state index is 4.33. The van der Waals surface area contributed by atoms with Gasteiger partial charge in [0.1, 0.15) is 0 Å². The van der Waals surface area contributed by atoms with E-state index < -0.39 is 0 Å². The van der Waals surface area contributed by atoms with E-state index in [1.807, 2.05) is 18.0 Å². The number of thioether (sulfide) groups is 1. The lowest BCUT2D eigenvalue weighted by molar-refractivity contribution is 0.455. The topological polar surface area (TPSA) is 37.8 Å². The first-order chi connectivity index (χ1) is 8.17. The zero-order chi connectivity index (χ0) is 12.7. The molecule has 0 spiro atoms. The molecule has 0 radical (unpaired) electrons. The molecule has 0 saturated carbocycles. The summed E-state index contributed by atoms with van der Waals surface area (Å²) >= 11 is 1.96. The quantitative estimate of drug-likeness (QED) is 0.810. The van der Waals surface area contributed by atoms with Gasteiger partial charge in [-0.05, 0) is 26.0 Å². The summed E-state index contributed by atoms with van der Waals surface area (Å²) in [6.45, 7) is 7.67. The molecule has 0 aliphatic rings. The molecule has 17 heavy (non-hydrogen) atoms. The van der Waals surface area contributed by atoms with Gasteiger partial charge < -0.3 is 5.32 Å². The second-order valence-electron chi connectivity index (χ2n) is 4.33. The van der Waals surface area contributed by atoms with Crippen molar-refractivity contribution in [3.05, 3.63) is 24.3 Å². The molecule has 0 amide bonds. The number of aromatic nitrogens is 2. The van der Waals surface area contributed by atoms with E-state index in [0.29, 0.717) is 4.75 Å². The summed E-state index contributed by atoms with van der Waals surface area (Å²) < 4.78 is 0.344. The second kappa shape index (κ2) is 6.97. The van der Waals surface area contributed by atoms with Crippen LogP contribution in [0.25, 0.3) is 0 Å².